The molecule has 1 atom stereocenters. The average molecular weight is 452 g/mol. The van der Waals surface area contributed by atoms with E-state index in [1.54, 1.807) is 29.2 Å². The number of aliphatic hydroxyl groups excluding tert-OH is 1. The Bertz CT molecular complexity index is 1200. The van der Waals surface area contributed by atoms with Gasteiger partial charge in [0.05, 0.1) is 30.2 Å². The summed E-state index contributed by atoms with van der Waals surface area (Å²) in [7, 11) is 0. The van der Waals surface area contributed by atoms with Crippen LogP contribution in [0.5, 0.6) is 11.5 Å². The molecule has 7 heteroatoms. The topological polar surface area (TPSA) is 89.2 Å². The lowest BCUT2D eigenvalue weighted by molar-refractivity contribution is 0.0716. The van der Waals surface area contributed by atoms with Crippen molar-refractivity contribution in [2.24, 2.45) is 0 Å². The lowest BCUT2D eigenvalue weighted by Gasteiger charge is -2.25. The van der Waals surface area contributed by atoms with E-state index in [0.29, 0.717) is 54.2 Å². The first kappa shape index (κ1) is 22.9. The van der Waals surface area contributed by atoms with Gasteiger partial charge in [0.1, 0.15) is 5.58 Å². The lowest BCUT2D eigenvalue weighted by atomic mass is 9.98. The van der Waals surface area contributed by atoms with Crippen molar-refractivity contribution in [2.45, 2.75) is 39.2 Å². The molecule has 0 radical (unpaired) electrons. The van der Waals surface area contributed by atoms with Crippen LogP contribution in [0.25, 0.3) is 11.0 Å². The van der Waals surface area contributed by atoms with E-state index >= 15 is 0 Å². The summed E-state index contributed by atoms with van der Waals surface area (Å²) in [6, 6.07) is 11.8. The maximum absolute atomic E-state index is 13.5. The molecule has 2 heterocycles. The van der Waals surface area contributed by atoms with Crippen LogP contribution < -0.4 is 14.9 Å². The van der Waals surface area contributed by atoms with E-state index in [0.717, 1.165) is 18.4 Å². The van der Waals surface area contributed by atoms with Gasteiger partial charge in [-0.2, -0.15) is 0 Å². The third kappa shape index (κ3) is 4.33. The highest BCUT2D eigenvalue weighted by Gasteiger charge is 2.42. The quantitative estimate of drug-likeness (QED) is 0.463. The molecule has 4 rings (SSSR count). The molecule has 1 aromatic heterocycles. The van der Waals surface area contributed by atoms with Gasteiger partial charge in [-0.1, -0.05) is 31.5 Å². The number of fused-ring (bicyclic) bond motifs is 2. The number of para-hydroxylation sites is 1. The summed E-state index contributed by atoms with van der Waals surface area (Å²) < 4.78 is 17.6. The van der Waals surface area contributed by atoms with Crippen molar-refractivity contribution in [1.82, 2.24) is 4.90 Å². The summed E-state index contributed by atoms with van der Waals surface area (Å²) in [5.41, 5.74) is 1.21. The molecule has 0 spiro atoms. The van der Waals surface area contributed by atoms with Gasteiger partial charge in [0, 0.05) is 13.2 Å². The Labute approximate surface area is 192 Å². The van der Waals surface area contributed by atoms with Gasteiger partial charge in [-0.05, 0) is 49.6 Å². The van der Waals surface area contributed by atoms with E-state index in [1.165, 1.54) is 0 Å². The fourth-order valence-electron chi connectivity index (χ4n) is 4.19. The van der Waals surface area contributed by atoms with Gasteiger partial charge in [-0.15, -0.1) is 0 Å². The van der Waals surface area contributed by atoms with E-state index in [-0.39, 0.29) is 23.7 Å². The number of unbranched alkanes of at least 4 members (excludes halogenated alkanes) is 1. The van der Waals surface area contributed by atoms with Crippen LogP contribution in [0.1, 0.15) is 60.8 Å². The Hall–Kier alpha value is -3.32. The van der Waals surface area contributed by atoms with Gasteiger partial charge < -0.3 is 23.9 Å². The molecule has 3 aromatic rings. The number of hydrogen-bond acceptors (Lipinski definition) is 6. The molecule has 0 saturated heterocycles. The summed E-state index contributed by atoms with van der Waals surface area (Å²) in [6.45, 7) is 5.25. The molecule has 7 nitrogen and oxygen atoms in total. The smallest absolute Gasteiger partial charge is 0.290 e. The molecule has 1 aliphatic rings. The molecular weight excluding hydrogens is 422 g/mol. The van der Waals surface area contributed by atoms with E-state index in [4.69, 9.17) is 13.9 Å². The van der Waals surface area contributed by atoms with E-state index in [2.05, 4.69) is 6.92 Å². The van der Waals surface area contributed by atoms with Crippen molar-refractivity contribution >= 4 is 16.9 Å². The third-order valence-corrected chi connectivity index (χ3v) is 5.77. The molecule has 0 bridgehead atoms. The molecule has 33 heavy (non-hydrogen) atoms. The first-order valence-electron chi connectivity index (χ1n) is 11.5. The highest BCUT2D eigenvalue weighted by molar-refractivity contribution is 5.99. The summed E-state index contributed by atoms with van der Waals surface area (Å²) in [4.78, 5) is 28.4. The highest BCUT2D eigenvalue weighted by atomic mass is 16.5. The van der Waals surface area contributed by atoms with Crippen molar-refractivity contribution in [1.29, 1.82) is 0 Å². The summed E-state index contributed by atoms with van der Waals surface area (Å²) >= 11 is 0. The van der Waals surface area contributed by atoms with Gasteiger partial charge in [0.15, 0.2) is 16.9 Å². The number of hydrogen-bond donors (Lipinski definition) is 1. The molecule has 1 amide bonds. The molecule has 1 N–H and O–H groups in total. The zero-order valence-corrected chi connectivity index (χ0v) is 19.0. The van der Waals surface area contributed by atoms with Gasteiger partial charge in [0.25, 0.3) is 5.91 Å². The normalized spacial score (nSPS) is 15.2. The maximum atomic E-state index is 13.5. The first-order valence-corrected chi connectivity index (χ1v) is 11.5. The van der Waals surface area contributed by atoms with Crippen LogP contribution in [0.3, 0.4) is 0 Å². The highest BCUT2D eigenvalue weighted by Crippen LogP contribution is 2.41. The summed E-state index contributed by atoms with van der Waals surface area (Å²) in [5.74, 6) is 0.903. The largest absolute Gasteiger partial charge is 0.490 e. The number of aliphatic hydroxyl groups is 1. The lowest BCUT2D eigenvalue weighted by Crippen LogP contribution is -2.31. The summed E-state index contributed by atoms with van der Waals surface area (Å²) in [5, 5.41) is 9.82. The third-order valence-electron chi connectivity index (χ3n) is 5.77. The molecule has 0 aliphatic carbocycles. The SMILES string of the molecule is CCCCOc1ccc([C@@H]2c3c(oc4ccccc4c3=O)C(=O)N2CCCO)cc1OCC. The van der Waals surface area contributed by atoms with E-state index in [1.807, 2.05) is 25.1 Å². The van der Waals surface area contributed by atoms with Crippen LogP contribution in [-0.4, -0.2) is 42.3 Å². The van der Waals surface area contributed by atoms with Crippen molar-refractivity contribution in [3.63, 3.8) is 0 Å². The van der Waals surface area contributed by atoms with Gasteiger partial charge in [-0.3, -0.25) is 9.59 Å². The van der Waals surface area contributed by atoms with Crippen LogP contribution in [0.2, 0.25) is 0 Å². The monoisotopic (exact) mass is 451 g/mol. The molecule has 0 saturated carbocycles. The first-order chi connectivity index (χ1) is 16.1. The van der Waals surface area contributed by atoms with E-state index < -0.39 is 6.04 Å². The molecule has 1 aliphatic heterocycles. The number of nitrogens with zero attached hydrogens (tertiary/aromatic N) is 1. The Morgan fingerprint density at radius 1 is 1.03 bits per heavy atom. The minimum Gasteiger partial charge on any atom is -0.490 e. The van der Waals surface area contributed by atoms with Crippen molar-refractivity contribution in [2.75, 3.05) is 26.4 Å². The van der Waals surface area contributed by atoms with Crippen molar-refractivity contribution in [3.05, 3.63) is 69.6 Å². The maximum Gasteiger partial charge on any atom is 0.290 e. The Balaban J connectivity index is 1.84. The second kappa shape index (κ2) is 10.1. The Kier molecular flexibility index (Phi) is 6.99. The number of ether oxygens (including phenoxy) is 2. The van der Waals surface area contributed by atoms with Gasteiger partial charge in [0.2, 0.25) is 5.76 Å². The molecule has 0 fully saturated rings. The number of carbonyl (C=O) groups is 1. The van der Waals surface area contributed by atoms with Crippen LogP contribution in [0.15, 0.2) is 51.7 Å². The molecule has 0 unspecified atom stereocenters. The Morgan fingerprint density at radius 2 is 1.85 bits per heavy atom. The second-order valence-corrected chi connectivity index (χ2v) is 7.99. The van der Waals surface area contributed by atoms with Crippen LogP contribution >= 0.6 is 0 Å². The second-order valence-electron chi connectivity index (χ2n) is 7.99. The minimum atomic E-state index is -0.635. The Morgan fingerprint density at radius 3 is 2.61 bits per heavy atom. The number of carbonyl (C=O) groups excluding carboxylic acids is 1. The molecule has 174 valence electrons. The van der Waals surface area contributed by atoms with Crippen LogP contribution in [-0.2, 0) is 0 Å². The van der Waals surface area contributed by atoms with E-state index in [9.17, 15) is 14.7 Å². The molecule has 2 aromatic carbocycles. The fourth-order valence-corrected chi connectivity index (χ4v) is 4.19. The number of rotatable bonds is 10. The number of benzene rings is 2. The van der Waals surface area contributed by atoms with Gasteiger partial charge in [-0.25, -0.2) is 0 Å². The predicted molar refractivity (Wildman–Crippen MR) is 125 cm³/mol. The predicted octanol–water partition coefficient (Wildman–Crippen LogP) is 4.30. The van der Waals surface area contributed by atoms with Crippen LogP contribution in [0.4, 0.5) is 0 Å². The van der Waals surface area contributed by atoms with Crippen molar-refractivity contribution in [3.8, 4) is 11.5 Å². The fraction of sp³-hybridized carbons (Fsp3) is 0.385. The standard InChI is InChI=1S/C26H29NO6/c1-3-5-15-32-20-12-11-17(16-21(20)31-4-2)23-22-24(29)18-9-6-7-10-19(18)33-25(22)26(30)27(23)13-8-14-28/h6-7,9-12,16,23,28H,3-5,8,13-15H2,1-2H3/t23-/m1/s1. The zero-order chi connectivity index (χ0) is 23.4. The van der Waals surface area contributed by atoms with Crippen molar-refractivity contribution < 1.29 is 23.8 Å². The summed E-state index contributed by atoms with van der Waals surface area (Å²) in [6.07, 6.45) is 2.34. The van der Waals surface area contributed by atoms with Gasteiger partial charge >= 0.3 is 0 Å². The number of amides is 1. The zero-order valence-electron chi connectivity index (χ0n) is 19.0. The molecular formula is C26H29NO6. The minimum absolute atomic E-state index is 0.0582. The average Bonchev–Trinajstić information content (AvgIpc) is 3.11. The van der Waals surface area contributed by atoms with Crippen LogP contribution in [0, 0.1) is 0 Å².